The van der Waals surface area contributed by atoms with Crippen molar-refractivity contribution >= 4 is 0 Å². The van der Waals surface area contributed by atoms with Crippen LogP contribution in [0.2, 0.25) is 0 Å². The van der Waals surface area contributed by atoms with E-state index in [-0.39, 0.29) is 30.2 Å². The van der Waals surface area contributed by atoms with Gasteiger partial charge in [-0.15, -0.1) is 0 Å². The molecule has 0 aromatic heterocycles. The Hall–Kier alpha value is -0.160. The molecule has 6 fully saturated rings. The molecule has 6 rings (SSSR count). The molecule has 1 aliphatic carbocycles. The molecular formula is C18H26O4. The molecule has 0 amide bonds. The summed E-state index contributed by atoms with van der Waals surface area (Å²) in [5.41, 5.74) is 0. The molecule has 5 heterocycles. The minimum absolute atomic E-state index is 0.162. The molecule has 0 radical (unpaired) electrons. The van der Waals surface area contributed by atoms with Gasteiger partial charge in [0.1, 0.15) is 12.2 Å². The molecule has 0 N–H and O–H groups in total. The van der Waals surface area contributed by atoms with Gasteiger partial charge in [0, 0.05) is 24.7 Å². The summed E-state index contributed by atoms with van der Waals surface area (Å²) in [5.74, 6) is 2.12. The van der Waals surface area contributed by atoms with Gasteiger partial charge in [-0.1, -0.05) is 20.3 Å². The van der Waals surface area contributed by atoms with Gasteiger partial charge in [-0.3, -0.25) is 0 Å². The average molecular weight is 306 g/mol. The standard InChI is InChI=1S/C18H26O4/c1-8-9(2)13-11-10(12(8)19-13)14-16-17(15(11)20-14)22-18(21-16)6-4-3-5-7-18/h8-17H,3-7H2,1-2H3. The van der Waals surface area contributed by atoms with E-state index in [0.717, 1.165) is 12.8 Å². The minimum atomic E-state index is -0.274. The third-order valence-electron chi connectivity index (χ3n) is 7.74. The van der Waals surface area contributed by atoms with Crippen LogP contribution in [-0.2, 0) is 18.9 Å². The summed E-state index contributed by atoms with van der Waals surface area (Å²) in [7, 11) is 0. The van der Waals surface area contributed by atoms with E-state index in [1.165, 1.54) is 19.3 Å². The third-order valence-corrected chi connectivity index (χ3v) is 7.74. The fraction of sp³-hybridized carbons (Fsp3) is 1.00. The molecule has 1 spiro atoms. The molecule has 1 saturated carbocycles. The first-order valence-electron chi connectivity index (χ1n) is 9.35. The lowest BCUT2D eigenvalue weighted by atomic mass is 9.63. The Labute approximate surface area is 131 Å². The zero-order valence-electron chi connectivity index (χ0n) is 13.4. The van der Waals surface area contributed by atoms with Crippen LogP contribution in [0.25, 0.3) is 0 Å². The summed E-state index contributed by atoms with van der Waals surface area (Å²) in [4.78, 5) is 0. The SMILES string of the molecule is CC1C(C)C2OC1C1C3OC(C4OC5(CCCCC5)OC43)C21. The van der Waals surface area contributed by atoms with Crippen LogP contribution in [0, 0.1) is 23.7 Å². The summed E-state index contributed by atoms with van der Waals surface area (Å²) >= 11 is 0. The lowest BCUT2D eigenvalue weighted by molar-refractivity contribution is -0.220. The maximum atomic E-state index is 6.52. The molecule has 10 unspecified atom stereocenters. The van der Waals surface area contributed by atoms with E-state index in [2.05, 4.69) is 13.8 Å². The van der Waals surface area contributed by atoms with Crippen LogP contribution in [0.5, 0.6) is 0 Å². The molecule has 22 heavy (non-hydrogen) atoms. The van der Waals surface area contributed by atoms with E-state index in [9.17, 15) is 0 Å². The first kappa shape index (κ1) is 13.2. The second-order valence-electron chi connectivity index (χ2n) is 8.64. The van der Waals surface area contributed by atoms with Crippen molar-refractivity contribution in [2.75, 3.05) is 0 Å². The van der Waals surface area contributed by atoms with Crippen molar-refractivity contribution in [2.45, 2.75) is 88.4 Å². The Balaban J connectivity index is 1.33. The molecule has 122 valence electrons. The summed E-state index contributed by atoms with van der Waals surface area (Å²) in [6.45, 7) is 4.70. The number of hydrogen-bond acceptors (Lipinski definition) is 4. The van der Waals surface area contributed by atoms with E-state index in [1.807, 2.05) is 0 Å². The monoisotopic (exact) mass is 306 g/mol. The minimum Gasteiger partial charge on any atom is -0.374 e. The Morgan fingerprint density at radius 2 is 1.14 bits per heavy atom. The number of hydrogen-bond donors (Lipinski definition) is 0. The van der Waals surface area contributed by atoms with Crippen LogP contribution in [0.4, 0.5) is 0 Å². The van der Waals surface area contributed by atoms with Crippen LogP contribution < -0.4 is 0 Å². The molecule has 10 atom stereocenters. The summed E-state index contributed by atoms with van der Waals surface area (Å²) in [5, 5.41) is 0. The van der Waals surface area contributed by atoms with Crippen molar-refractivity contribution in [1.82, 2.24) is 0 Å². The van der Waals surface area contributed by atoms with E-state index < -0.39 is 0 Å². The predicted molar refractivity (Wildman–Crippen MR) is 78.2 cm³/mol. The second kappa shape index (κ2) is 4.08. The van der Waals surface area contributed by atoms with Gasteiger partial charge in [0.05, 0.1) is 24.4 Å². The molecule has 4 heteroatoms. The fourth-order valence-corrected chi connectivity index (χ4v) is 6.61. The van der Waals surface area contributed by atoms with Crippen molar-refractivity contribution in [3.05, 3.63) is 0 Å². The maximum Gasteiger partial charge on any atom is 0.169 e. The zero-order valence-corrected chi connectivity index (χ0v) is 13.4. The topological polar surface area (TPSA) is 36.9 Å². The van der Waals surface area contributed by atoms with Crippen LogP contribution >= 0.6 is 0 Å². The third kappa shape index (κ3) is 1.36. The van der Waals surface area contributed by atoms with Crippen LogP contribution in [0.1, 0.15) is 46.0 Å². The van der Waals surface area contributed by atoms with Crippen molar-refractivity contribution in [3.63, 3.8) is 0 Å². The normalized spacial score (nSPS) is 63.5. The molecular weight excluding hydrogens is 280 g/mol. The van der Waals surface area contributed by atoms with Gasteiger partial charge in [0.15, 0.2) is 5.79 Å². The van der Waals surface area contributed by atoms with Crippen molar-refractivity contribution in [3.8, 4) is 0 Å². The lowest BCUT2D eigenvalue weighted by Gasteiger charge is -2.38. The van der Waals surface area contributed by atoms with Crippen molar-refractivity contribution in [2.24, 2.45) is 23.7 Å². The van der Waals surface area contributed by atoms with E-state index in [1.54, 1.807) is 0 Å². The van der Waals surface area contributed by atoms with Crippen LogP contribution in [-0.4, -0.2) is 42.4 Å². The highest BCUT2D eigenvalue weighted by Gasteiger charge is 2.74. The van der Waals surface area contributed by atoms with Crippen molar-refractivity contribution in [1.29, 1.82) is 0 Å². The lowest BCUT2D eigenvalue weighted by Crippen LogP contribution is -2.52. The van der Waals surface area contributed by atoms with Crippen LogP contribution in [0.3, 0.4) is 0 Å². The molecule has 4 bridgehead atoms. The smallest absolute Gasteiger partial charge is 0.169 e. The first-order chi connectivity index (χ1) is 10.7. The molecule has 5 saturated heterocycles. The Bertz CT molecular complexity index is 465. The van der Waals surface area contributed by atoms with Gasteiger partial charge in [-0.2, -0.15) is 0 Å². The van der Waals surface area contributed by atoms with Crippen LogP contribution in [0.15, 0.2) is 0 Å². The van der Waals surface area contributed by atoms with Gasteiger partial charge in [-0.05, 0) is 24.7 Å². The van der Waals surface area contributed by atoms with E-state index in [4.69, 9.17) is 18.9 Å². The molecule has 5 aliphatic heterocycles. The Kier molecular flexibility index (Phi) is 2.44. The van der Waals surface area contributed by atoms with Crippen molar-refractivity contribution < 1.29 is 18.9 Å². The molecule has 4 nitrogen and oxygen atoms in total. The highest BCUT2D eigenvalue weighted by atomic mass is 16.8. The van der Waals surface area contributed by atoms with Gasteiger partial charge in [-0.25, -0.2) is 0 Å². The summed E-state index contributed by atoms with van der Waals surface area (Å²) in [6.07, 6.45) is 7.47. The summed E-state index contributed by atoms with van der Waals surface area (Å²) in [6, 6.07) is 0. The highest BCUT2D eigenvalue weighted by Crippen LogP contribution is 2.63. The average Bonchev–Trinajstić information content (AvgIpc) is 3.25. The zero-order chi connectivity index (χ0) is 14.6. The number of fused-ring (bicyclic) bond motifs is 12. The Morgan fingerprint density at radius 3 is 1.68 bits per heavy atom. The predicted octanol–water partition coefficient (Wildman–Crippen LogP) is 2.50. The molecule has 6 aliphatic rings. The second-order valence-corrected chi connectivity index (χ2v) is 8.64. The van der Waals surface area contributed by atoms with Gasteiger partial charge in [0.25, 0.3) is 0 Å². The number of ether oxygens (including phenoxy) is 4. The quantitative estimate of drug-likeness (QED) is 0.689. The van der Waals surface area contributed by atoms with Gasteiger partial charge < -0.3 is 18.9 Å². The van der Waals surface area contributed by atoms with E-state index in [0.29, 0.717) is 35.9 Å². The largest absolute Gasteiger partial charge is 0.374 e. The maximum absolute atomic E-state index is 6.52. The molecule has 0 aromatic carbocycles. The Morgan fingerprint density at radius 1 is 0.636 bits per heavy atom. The van der Waals surface area contributed by atoms with Gasteiger partial charge in [0.2, 0.25) is 0 Å². The highest BCUT2D eigenvalue weighted by molar-refractivity contribution is 5.20. The fourth-order valence-electron chi connectivity index (χ4n) is 6.61. The van der Waals surface area contributed by atoms with Gasteiger partial charge >= 0.3 is 0 Å². The summed E-state index contributed by atoms with van der Waals surface area (Å²) < 4.78 is 25.8. The first-order valence-corrected chi connectivity index (χ1v) is 9.35. The molecule has 0 aromatic rings. The van der Waals surface area contributed by atoms with E-state index >= 15 is 0 Å². The number of rotatable bonds is 0.